The summed E-state index contributed by atoms with van der Waals surface area (Å²) in [6, 6.07) is 2.11. The molecule has 0 aliphatic carbocycles. The van der Waals surface area contributed by atoms with E-state index in [0.29, 0.717) is 6.54 Å². The van der Waals surface area contributed by atoms with E-state index in [2.05, 4.69) is 45.7 Å². The fourth-order valence-corrected chi connectivity index (χ4v) is 1.76. The normalized spacial score (nSPS) is 10.5. The van der Waals surface area contributed by atoms with E-state index in [-0.39, 0.29) is 0 Å². The Bertz CT molecular complexity index is 328. The second-order valence-corrected chi connectivity index (χ2v) is 4.78. The third-order valence-electron chi connectivity index (χ3n) is 2.54. The molecule has 4 heteroatoms. The number of anilines is 1. The smallest absolute Gasteiger partial charge is 0.128 e. The van der Waals surface area contributed by atoms with Crippen LogP contribution in [-0.2, 0) is 0 Å². The van der Waals surface area contributed by atoms with Gasteiger partial charge < -0.3 is 10.6 Å². The fourth-order valence-electron chi connectivity index (χ4n) is 1.54. The first kappa shape index (κ1) is 13.5. The molecule has 0 saturated carbocycles. The molecule has 0 unspecified atom stereocenters. The SMILES string of the molecule is CCCCN(CCN)c1cc(C)c(Br)cn1. The lowest BCUT2D eigenvalue weighted by molar-refractivity contribution is 0.707. The van der Waals surface area contributed by atoms with Gasteiger partial charge in [0.15, 0.2) is 0 Å². The van der Waals surface area contributed by atoms with Crippen LogP contribution in [0.5, 0.6) is 0 Å². The first-order valence-electron chi connectivity index (χ1n) is 5.76. The molecule has 0 atom stereocenters. The molecule has 0 fully saturated rings. The van der Waals surface area contributed by atoms with Crippen LogP contribution in [0.3, 0.4) is 0 Å². The van der Waals surface area contributed by atoms with E-state index < -0.39 is 0 Å². The predicted octanol–water partition coefficient (Wildman–Crippen LogP) is 2.72. The van der Waals surface area contributed by atoms with Crippen LogP contribution in [0.25, 0.3) is 0 Å². The zero-order valence-corrected chi connectivity index (χ0v) is 11.6. The average molecular weight is 286 g/mol. The number of aryl methyl sites for hydroxylation is 1. The Hall–Kier alpha value is -0.610. The lowest BCUT2D eigenvalue weighted by Crippen LogP contribution is -2.31. The van der Waals surface area contributed by atoms with Crippen molar-refractivity contribution in [2.24, 2.45) is 5.73 Å². The Morgan fingerprint density at radius 1 is 1.44 bits per heavy atom. The Balaban J connectivity index is 2.78. The van der Waals surface area contributed by atoms with Crippen molar-refractivity contribution in [2.75, 3.05) is 24.5 Å². The maximum Gasteiger partial charge on any atom is 0.128 e. The monoisotopic (exact) mass is 285 g/mol. The van der Waals surface area contributed by atoms with Gasteiger partial charge in [0.1, 0.15) is 5.82 Å². The van der Waals surface area contributed by atoms with Gasteiger partial charge in [-0.3, -0.25) is 0 Å². The summed E-state index contributed by atoms with van der Waals surface area (Å²) < 4.78 is 1.06. The molecule has 0 bridgehead atoms. The Kier molecular flexibility index (Phi) is 5.77. The van der Waals surface area contributed by atoms with E-state index in [0.717, 1.165) is 23.4 Å². The van der Waals surface area contributed by atoms with Crippen molar-refractivity contribution in [2.45, 2.75) is 26.7 Å². The molecule has 2 N–H and O–H groups in total. The van der Waals surface area contributed by atoms with Crippen LogP contribution in [0.2, 0.25) is 0 Å². The maximum atomic E-state index is 5.63. The number of nitrogens with zero attached hydrogens (tertiary/aromatic N) is 2. The second-order valence-electron chi connectivity index (χ2n) is 3.92. The number of pyridine rings is 1. The van der Waals surface area contributed by atoms with Crippen molar-refractivity contribution in [1.29, 1.82) is 0 Å². The van der Waals surface area contributed by atoms with E-state index in [4.69, 9.17) is 5.73 Å². The minimum atomic E-state index is 0.667. The number of hydrogen-bond acceptors (Lipinski definition) is 3. The maximum absolute atomic E-state index is 5.63. The van der Waals surface area contributed by atoms with Gasteiger partial charge in [0.25, 0.3) is 0 Å². The molecule has 0 spiro atoms. The van der Waals surface area contributed by atoms with Crippen molar-refractivity contribution < 1.29 is 0 Å². The summed E-state index contributed by atoms with van der Waals surface area (Å²) in [5.41, 5.74) is 6.84. The largest absolute Gasteiger partial charge is 0.355 e. The van der Waals surface area contributed by atoms with Crippen molar-refractivity contribution >= 4 is 21.7 Å². The molecule has 0 amide bonds. The van der Waals surface area contributed by atoms with Crippen molar-refractivity contribution in [3.63, 3.8) is 0 Å². The minimum Gasteiger partial charge on any atom is -0.355 e. The number of aromatic nitrogens is 1. The van der Waals surface area contributed by atoms with E-state index in [1.807, 2.05) is 6.20 Å². The molecule has 16 heavy (non-hydrogen) atoms. The Morgan fingerprint density at radius 2 is 2.19 bits per heavy atom. The number of hydrogen-bond donors (Lipinski definition) is 1. The van der Waals surface area contributed by atoms with Gasteiger partial charge in [-0.25, -0.2) is 4.98 Å². The molecule has 0 saturated heterocycles. The van der Waals surface area contributed by atoms with E-state index in [1.54, 1.807) is 0 Å². The summed E-state index contributed by atoms with van der Waals surface area (Å²) in [6.45, 7) is 6.84. The van der Waals surface area contributed by atoms with Gasteiger partial charge in [0, 0.05) is 30.3 Å². The van der Waals surface area contributed by atoms with Crippen LogP contribution in [0.1, 0.15) is 25.3 Å². The lowest BCUT2D eigenvalue weighted by Gasteiger charge is -2.23. The van der Waals surface area contributed by atoms with Crippen LogP contribution in [-0.4, -0.2) is 24.6 Å². The van der Waals surface area contributed by atoms with Crippen LogP contribution in [0.15, 0.2) is 16.7 Å². The number of halogens is 1. The number of unbranched alkanes of at least 4 members (excludes halogenated alkanes) is 1. The van der Waals surface area contributed by atoms with Gasteiger partial charge >= 0.3 is 0 Å². The number of rotatable bonds is 6. The minimum absolute atomic E-state index is 0.667. The topological polar surface area (TPSA) is 42.1 Å². The highest BCUT2D eigenvalue weighted by atomic mass is 79.9. The highest BCUT2D eigenvalue weighted by Gasteiger charge is 2.07. The van der Waals surface area contributed by atoms with Gasteiger partial charge in [-0.1, -0.05) is 13.3 Å². The molecule has 1 aromatic rings. The van der Waals surface area contributed by atoms with Gasteiger partial charge in [-0.2, -0.15) is 0 Å². The zero-order chi connectivity index (χ0) is 12.0. The van der Waals surface area contributed by atoms with Crippen LogP contribution in [0.4, 0.5) is 5.82 Å². The van der Waals surface area contributed by atoms with Gasteiger partial charge in [0.05, 0.1) is 0 Å². The first-order valence-corrected chi connectivity index (χ1v) is 6.55. The van der Waals surface area contributed by atoms with Crippen LogP contribution < -0.4 is 10.6 Å². The van der Waals surface area contributed by atoms with Gasteiger partial charge in [-0.15, -0.1) is 0 Å². The second kappa shape index (κ2) is 6.86. The Labute approximate surface area is 106 Å². The first-order chi connectivity index (χ1) is 7.69. The number of nitrogens with two attached hydrogens (primary N) is 1. The van der Waals surface area contributed by atoms with E-state index in [9.17, 15) is 0 Å². The summed E-state index contributed by atoms with van der Waals surface area (Å²) in [5.74, 6) is 1.03. The molecule has 90 valence electrons. The highest BCUT2D eigenvalue weighted by molar-refractivity contribution is 9.10. The molecule has 3 nitrogen and oxygen atoms in total. The van der Waals surface area contributed by atoms with Crippen molar-refractivity contribution in [3.8, 4) is 0 Å². The summed E-state index contributed by atoms with van der Waals surface area (Å²) in [6.07, 6.45) is 4.23. The lowest BCUT2D eigenvalue weighted by atomic mass is 10.2. The van der Waals surface area contributed by atoms with E-state index in [1.165, 1.54) is 18.4 Å². The standard InChI is InChI=1S/C12H20BrN3/c1-3-4-6-16(7-5-14)12-8-10(2)11(13)9-15-12/h8-9H,3-7,14H2,1-2H3. The quantitative estimate of drug-likeness (QED) is 0.874. The third kappa shape index (κ3) is 3.76. The molecule has 0 radical (unpaired) electrons. The molecular formula is C12H20BrN3. The van der Waals surface area contributed by atoms with Crippen LogP contribution >= 0.6 is 15.9 Å². The van der Waals surface area contributed by atoms with Gasteiger partial charge in [0.2, 0.25) is 0 Å². The van der Waals surface area contributed by atoms with Crippen molar-refractivity contribution in [1.82, 2.24) is 4.98 Å². The molecule has 1 heterocycles. The molecular weight excluding hydrogens is 266 g/mol. The summed E-state index contributed by atoms with van der Waals surface area (Å²) in [4.78, 5) is 6.69. The summed E-state index contributed by atoms with van der Waals surface area (Å²) >= 11 is 3.46. The van der Waals surface area contributed by atoms with E-state index >= 15 is 0 Å². The highest BCUT2D eigenvalue weighted by Crippen LogP contribution is 2.20. The molecule has 0 aromatic carbocycles. The Morgan fingerprint density at radius 3 is 2.75 bits per heavy atom. The summed E-state index contributed by atoms with van der Waals surface area (Å²) in [7, 11) is 0. The fraction of sp³-hybridized carbons (Fsp3) is 0.583. The van der Waals surface area contributed by atoms with Crippen molar-refractivity contribution in [3.05, 3.63) is 22.3 Å². The van der Waals surface area contributed by atoms with Gasteiger partial charge in [-0.05, 0) is 40.9 Å². The van der Waals surface area contributed by atoms with Crippen LogP contribution in [0, 0.1) is 6.92 Å². The zero-order valence-electron chi connectivity index (χ0n) is 10.0. The average Bonchev–Trinajstić information content (AvgIpc) is 2.28. The molecule has 0 aliphatic rings. The third-order valence-corrected chi connectivity index (χ3v) is 3.37. The molecule has 1 rings (SSSR count). The molecule has 0 aliphatic heterocycles. The summed E-state index contributed by atoms with van der Waals surface area (Å²) in [5, 5.41) is 0. The molecule has 1 aromatic heterocycles. The predicted molar refractivity (Wildman–Crippen MR) is 72.8 cm³/mol.